The maximum Gasteiger partial charge on any atom is 0.304 e. The molecule has 0 heterocycles. The first-order chi connectivity index (χ1) is 8.12. The van der Waals surface area contributed by atoms with Gasteiger partial charge < -0.3 is 10.4 Å². The number of amides is 1. The summed E-state index contributed by atoms with van der Waals surface area (Å²) in [5, 5.41) is 8.85. The zero-order chi connectivity index (χ0) is 14.5. The minimum absolute atomic E-state index is 0.107. The molecule has 0 aliphatic heterocycles. The molecule has 0 spiro atoms. The molecule has 0 bridgehead atoms. The molecule has 7 heteroatoms. The predicted octanol–water partition coefficient (Wildman–Crippen LogP) is 0.568. The van der Waals surface area contributed by atoms with Gasteiger partial charge in [-0.3, -0.25) is 9.59 Å². The van der Waals surface area contributed by atoms with E-state index in [0.717, 1.165) is 0 Å². The summed E-state index contributed by atoms with van der Waals surface area (Å²) in [6, 6.07) is -0.107. The van der Waals surface area contributed by atoms with Crippen LogP contribution in [0.15, 0.2) is 0 Å². The van der Waals surface area contributed by atoms with Gasteiger partial charge >= 0.3 is 5.97 Å². The van der Waals surface area contributed by atoms with Gasteiger partial charge in [-0.15, -0.1) is 0 Å². The summed E-state index contributed by atoms with van der Waals surface area (Å²) in [5.41, 5.74) is 0. The van der Waals surface area contributed by atoms with Crippen LogP contribution < -0.4 is 5.32 Å². The van der Waals surface area contributed by atoms with Gasteiger partial charge in [-0.05, 0) is 27.2 Å². The predicted molar refractivity (Wildman–Crippen MR) is 68.0 cm³/mol. The van der Waals surface area contributed by atoms with E-state index in [1.54, 1.807) is 6.92 Å². The minimum atomic E-state index is -3.78. The van der Waals surface area contributed by atoms with Gasteiger partial charge in [0.05, 0.1) is 11.7 Å². The Morgan fingerprint density at radius 1 is 1.22 bits per heavy atom. The van der Waals surface area contributed by atoms with E-state index < -0.39 is 38.6 Å². The molecule has 0 fully saturated rings. The molecule has 0 aromatic rings. The molecular formula is C11H21NO5S. The Bertz CT molecular complexity index is 404. The average molecular weight is 279 g/mol. The van der Waals surface area contributed by atoms with E-state index in [-0.39, 0.29) is 6.04 Å². The van der Waals surface area contributed by atoms with Crippen molar-refractivity contribution in [2.75, 3.05) is 0 Å². The van der Waals surface area contributed by atoms with Gasteiger partial charge in [-0.25, -0.2) is 8.42 Å². The molecule has 1 amide bonds. The third kappa shape index (κ3) is 4.64. The highest BCUT2D eigenvalue weighted by atomic mass is 32.2. The molecule has 0 rings (SSSR count). The van der Waals surface area contributed by atoms with E-state index in [0.29, 0.717) is 6.42 Å². The fourth-order valence-corrected chi connectivity index (χ4v) is 2.76. The van der Waals surface area contributed by atoms with Crippen molar-refractivity contribution in [1.82, 2.24) is 5.32 Å². The van der Waals surface area contributed by atoms with Gasteiger partial charge in [-0.2, -0.15) is 0 Å². The van der Waals surface area contributed by atoms with Gasteiger partial charge in [0.2, 0.25) is 5.91 Å². The summed E-state index contributed by atoms with van der Waals surface area (Å²) in [5.74, 6) is -1.78. The van der Waals surface area contributed by atoms with Crippen LogP contribution in [0.4, 0.5) is 0 Å². The highest BCUT2D eigenvalue weighted by molar-refractivity contribution is 7.93. The monoisotopic (exact) mass is 279 g/mol. The molecule has 0 saturated carbocycles. The number of carboxylic acid groups (broad SMARTS) is 1. The van der Waals surface area contributed by atoms with Crippen molar-refractivity contribution >= 4 is 21.7 Å². The molecule has 3 atom stereocenters. The van der Waals surface area contributed by atoms with Gasteiger partial charge in [0.25, 0.3) is 0 Å². The van der Waals surface area contributed by atoms with Crippen molar-refractivity contribution in [3.05, 3.63) is 0 Å². The van der Waals surface area contributed by atoms with Crippen LogP contribution in [-0.2, 0) is 19.4 Å². The van der Waals surface area contributed by atoms with Crippen molar-refractivity contribution in [2.24, 2.45) is 0 Å². The number of carbonyl (C=O) groups excluding carboxylic acids is 1. The quantitative estimate of drug-likeness (QED) is 0.709. The molecule has 3 unspecified atom stereocenters. The second-order valence-corrected chi connectivity index (χ2v) is 7.15. The van der Waals surface area contributed by atoms with Crippen LogP contribution in [0.2, 0.25) is 0 Å². The summed E-state index contributed by atoms with van der Waals surface area (Å²) in [6.45, 7) is 6.23. The molecule has 0 aromatic heterocycles. The first kappa shape index (κ1) is 16.9. The van der Waals surface area contributed by atoms with Crippen LogP contribution in [-0.4, -0.2) is 41.9 Å². The molecule has 0 saturated heterocycles. The Labute approximate surface area is 108 Å². The van der Waals surface area contributed by atoms with E-state index in [4.69, 9.17) is 5.11 Å². The smallest absolute Gasteiger partial charge is 0.304 e. The molecule has 0 aromatic carbocycles. The van der Waals surface area contributed by atoms with E-state index in [9.17, 15) is 18.0 Å². The van der Waals surface area contributed by atoms with E-state index in [2.05, 4.69) is 5.32 Å². The lowest BCUT2D eigenvalue weighted by molar-refractivity contribution is -0.137. The highest BCUT2D eigenvalue weighted by Gasteiger charge is 2.34. The molecular weight excluding hydrogens is 258 g/mol. The lowest BCUT2D eigenvalue weighted by Crippen LogP contribution is -2.44. The van der Waals surface area contributed by atoms with E-state index in [1.807, 2.05) is 6.92 Å². The van der Waals surface area contributed by atoms with Crippen molar-refractivity contribution in [3.63, 3.8) is 0 Å². The second-order valence-electron chi connectivity index (χ2n) is 4.46. The Balaban J connectivity index is 4.79. The molecule has 18 heavy (non-hydrogen) atoms. The van der Waals surface area contributed by atoms with Crippen molar-refractivity contribution < 1.29 is 23.1 Å². The number of carbonyl (C=O) groups is 2. The van der Waals surface area contributed by atoms with Crippen molar-refractivity contribution in [1.29, 1.82) is 0 Å². The first-order valence-electron chi connectivity index (χ1n) is 5.87. The van der Waals surface area contributed by atoms with Gasteiger partial charge in [-0.1, -0.05) is 6.92 Å². The molecule has 2 N–H and O–H groups in total. The molecule has 106 valence electrons. The summed E-state index contributed by atoms with van der Waals surface area (Å²) >= 11 is 0. The van der Waals surface area contributed by atoms with Gasteiger partial charge in [0.15, 0.2) is 9.84 Å². The summed E-state index contributed by atoms with van der Waals surface area (Å²) in [7, 11) is -3.78. The summed E-state index contributed by atoms with van der Waals surface area (Å²) in [6.07, 6.45) is 0.201. The third-order valence-electron chi connectivity index (χ3n) is 2.89. The highest BCUT2D eigenvalue weighted by Crippen LogP contribution is 2.13. The van der Waals surface area contributed by atoms with Gasteiger partial charge in [0.1, 0.15) is 5.25 Å². The molecule has 0 aliphatic rings. The number of nitrogens with one attached hydrogen (secondary N) is 1. The van der Waals surface area contributed by atoms with Crippen LogP contribution in [0.1, 0.15) is 40.5 Å². The minimum Gasteiger partial charge on any atom is -0.481 e. The maximum atomic E-state index is 12.0. The lowest BCUT2D eigenvalue weighted by Gasteiger charge is -2.19. The average Bonchev–Trinajstić information content (AvgIpc) is 2.26. The fraction of sp³-hybridized carbons (Fsp3) is 0.818. The Morgan fingerprint density at radius 3 is 2.11 bits per heavy atom. The largest absolute Gasteiger partial charge is 0.481 e. The third-order valence-corrected chi connectivity index (χ3v) is 5.37. The zero-order valence-electron chi connectivity index (χ0n) is 11.1. The topological polar surface area (TPSA) is 101 Å². The van der Waals surface area contributed by atoms with Crippen LogP contribution in [0.3, 0.4) is 0 Å². The fourth-order valence-electron chi connectivity index (χ4n) is 1.32. The Kier molecular flexibility index (Phi) is 6.31. The number of sulfone groups is 1. The maximum absolute atomic E-state index is 12.0. The normalized spacial score (nSPS) is 16.7. The van der Waals surface area contributed by atoms with E-state index >= 15 is 0 Å². The molecule has 0 radical (unpaired) electrons. The zero-order valence-corrected chi connectivity index (χ0v) is 12.0. The lowest BCUT2D eigenvalue weighted by atomic mass is 10.2. The van der Waals surface area contributed by atoms with Crippen LogP contribution in [0.5, 0.6) is 0 Å². The Hall–Kier alpha value is -1.11. The number of aliphatic carboxylic acids is 1. The van der Waals surface area contributed by atoms with E-state index in [1.165, 1.54) is 13.8 Å². The second kappa shape index (κ2) is 6.72. The summed E-state index contributed by atoms with van der Waals surface area (Å²) < 4.78 is 23.9. The van der Waals surface area contributed by atoms with Gasteiger partial charge in [0, 0.05) is 6.04 Å². The number of carboxylic acids is 1. The van der Waals surface area contributed by atoms with Crippen LogP contribution >= 0.6 is 0 Å². The summed E-state index contributed by atoms with van der Waals surface area (Å²) in [4.78, 5) is 22.2. The number of hydrogen-bond donors (Lipinski definition) is 2. The van der Waals surface area contributed by atoms with Crippen LogP contribution in [0, 0.1) is 0 Å². The number of rotatable bonds is 7. The number of hydrogen-bond acceptors (Lipinski definition) is 4. The molecule has 0 aliphatic carbocycles. The first-order valence-corrected chi connectivity index (χ1v) is 7.48. The van der Waals surface area contributed by atoms with Crippen molar-refractivity contribution in [2.45, 2.75) is 57.1 Å². The van der Waals surface area contributed by atoms with Crippen LogP contribution in [0.25, 0.3) is 0 Å². The van der Waals surface area contributed by atoms with Crippen molar-refractivity contribution in [3.8, 4) is 0 Å². The standard InChI is InChI=1S/C11H21NO5S/c1-5-7(2)12-11(15)9(4)18(16,17)8(3)6-10(13)14/h7-9H,5-6H2,1-4H3,(H,12,15)(H,13,14). The molecule has 6 nitrogen and oxygen atoms in total. The SMILES string of the molecule is CCC(C)NC(=O)C(C)S(=O)(=O)C(C)CC(=O)O. The Morgan fingerprint density at radius 2 is 1.72 bits per heavy atom.